The molecule has 5 aromatic rings. The van der Waals surface area contributed by atoms with Gasteiger partial charge in [0, 0.05) is 24.0 Å². The maximum atomic E-state index is 14.3. The molecule has 2 aromatic heterocycles. The number of nitrogens with zero attached hydrogens (tertiary/aromatic N) is 4. The zero-order valence-corrected chi connectivity index (χ0v) is 38.7. The quantitative estimate of drug-likeness (QED) is 0.101. The number of hydroxylamine groups is 1. The topological polar surface area (TPSA) is 185 Å². The van der Waals surface area contributed by atoms with Crippen LogP contribution in [0.4, 0.5) is 4.79 Å². The molecule has 16 nitrogen and oxygen atoms in total. The number of rotatable bonds is 10. The maximum absolute atomic E-state index is 14.3. The van der Waals surface area contributed by atoms with Crippen molar-refractivity contribution in [1.82, 2.24) is 40.5 Å². The molecule has 10 rings (SSSR count). The molecule has 16 heteroatoms. The van der Waals surface area contributed by atoms with Gasteiger partial charge < -0.3 is 48.9 Å². The summed E-state index contributed by atoms with van der Waals surface area (Å²) in [5, 5.41) is 4.94. The van der Waals surface area contributed by atoms with Gasteiger partial charge in [-0.2, -0.15) is 5.48 Å². The van der Waals surface area contributed by atoms with Gasteiger partial charge in [0.05, 0.1) is 73.6 Å². The van der Waals surface area contributed by atoms with E-state index in [4.69, 9.17) is 33.8 Å². The predicted molar refractivity (Wildman–Crippen MR) is 247 cm³/mol. The number of carbonyl (C=O) groups excluding carboxylic acids is 3. The lowest BCUT2D eigenvalue weighted by Gasteiger charge is -2.38. The Bertz CT molecular complexity index is 2610. The van der Waals surface area contributed by atoms with Gasteiger partial charge in [-0.3, -0.25) is 9.59 Å². The minimum absolute atomic E-state index is 0.0181. The molecule has 0 spiro atoms. The van der Waals surface area contributed by atoms with E-state index in [2.05, 4.69) is 77.1 Å². The van der Waals surface area contributed by atoms with Gasteiger partial charge >= 0.3 is 6.09 Å². The fraction of sp³-hybridized carbons (Fsp3) is 0.540. The van der Waals surface area contributed by atoms with E-state index in [9.17, 15) is 14.4 Å². The van der Waals surface area contributed by atoms with Crippen LogP contribution < -0.4 is 15.5 Å². The zero-order chi connectivity index (χ0) is 45.8. The molecule has 0 saturated carbocycles. The van der Waals surface area contributed by atoms with Crippen molar-refractivity contribution >= 4 is 39.7 Å². The van der Waals surface area contributed by atoms with Crippen molar-refractivity contribution in [3.05, 3.63) is 65.9 Å². The molecule has 0 unspecified atom stereocenters. The number of methoxy groups -OCH3 is 1. The number of hydrogen-bond donors (Lipinski definition) is 4. The third kappa shape index (κ3) is 8.41. The molecular weight excluding hydrogens is 841 g/mol. The Kier molecular flexibility index (Phi) is 12.3. The number of imidazole rings is 2. The number of ether oxygens (including phenoxy) is 4. The largest absolute Gasteiger partial charge is 0.488 e. The van der Waals surface area contributed by atoms with Crippen LogP contribution in [0.2, 0.25) is 0 Å². The molecule has 4 N–H and O–H groups in total. The molecule has 3 aromatic carbocycles. The molecule has 66 heavy (non-hydrogen) atoms. The van der Waals surface area contributed by atoms with Gasteiger partial charge in [-0.1, -0.05) is 18.2 Å². The molecule has 4 fully saturated rings. The first-order valence-electron chi connectivity index (χ1n) is 23.8. The van der Waals surface area contributed by atoms with Crippen LogP contribution in [-0.2, 0) is 35.2 Å². The van der Waals surface area contributed by atoms with Gasteiger partial charge in [0.15, 0.2) is 0 Å². The molecule has 0 aliphatic carbocycles. The monoisotopic (exact) mass is 902 g/mol. The molecule has 4 saturated heterocycles. The number of aromatic nitrogens is 4. The van der Waals surface area contributed by atoms with Crippen molar-refractivity contribution < 1.29 is 38.2 Å². The second-order valence-electron chi connectivity index (χ2n) is 19.3. The normalized spacial score (nSPS) is 27.3. The van der Waals surface area contributed by atoms with Crippen molar-refractivity contribution in [1.29, 1.82) is 0 Å². The lowest BCUT2D eigenvalue weighted by Crippen LogP contribution is -2.54. The third-order valence-corrected chi connectivity index (χ3v) is 14.6. The summed E-state index contributed by atoms with van der Waals surface area (Å²) in [5.41, 5.74) is 9.83. The fourth-order valence-electron chi connectivity index (χ4n) is 11.8. The van der Waals surface area contributed by atoms with Gasteiger partial charge in [0.2, 0.25) is 11.8 Å². The van der Waals surface area contributed by atoms with Gasteiger partial charge in [-0.15, -0.1) is 0 Å². The van der Waals surface area contributed by atoms with Crippen LogP contribution in [0.1, 0.15) is 108 Å². The highest BCUT2D eigenvalue weighted by Gasteiger charge is 2.43. The van der Waals surface area contributed by atoms with Gasteiger partial charge in [-0.25, -0.2) is 14.8 Å². The first-order valence-corrected chi connectivity index (χ1v) is 23.8. The van der Waals surface area contributed by atoms with E-state index in [-0.39, 0.29) is 60.1 Å². The average molecular weight is 903 g/mol. The Labute approximate surface area is 384 Å². The summed E-state index contributed by atoms with van der Waals surface area (Å²) in [7, 11) is 2.89. The molecule has 350 valence electrons. The Hall–Kier alpha value is -5.55. The van der Waals surface area contributed by atoms with Crippen LogP contribution in [0.25, 0.3) is 44.2 Å². The van der Waals surface area contributed by atoms with Crippen LogP contribution in [-0.4, -0.2) is 111 Å². The van der Waals surface area contributed by atoms with E-state index in [1.807, 2.05) is 29.8 Å². The summed E-state index contributed by atoms with van der Waals surface area (Å²) < 4.78 is 23.4. The van der Waals surface area contributed by atoms with Crippen molar-refractivity contribution in [2.24, 2.45) is 11.8 Å². The number of H-pyrrole nitrogens is 2. The molecule has 0 radical (unpaired) electrons. The minimum atomic E-state index is -0.724. The van der Waals surface area contributed by atoms with Gasteiger partial charge in [-0.05, 0) is 137 Å². The van der Waals surface area contributed by atoms with Crippen LogP contribution in [0.15, 0.2) is 48.7 Å². The third-order valence-electron chi connectivity index (χ3n) is 14.6. The number of alkyl carbamates (subject to hydrolysis) is 1. The number of fused-ring (bicyclic) bond motifs is 6. The number of amides is 3. The summed E-state index contributed by atoms with van der Waals surface area (Å²) in [6.07, 6.45) is 7.57. The lowest BCUT2D eigenvalue weighted by atomic mass is 9.85. The van der Waals surface area contributed by atoms with Crippen molar-refractivity contribution in [3.63, 3.8) is 0 Å². The number of nitrogens with one attached hydrogen (secondary N) is 4. The zero-order valence-electron chi connectivity index (χ0n) is 38.7. The second kappa shape index (κ2) is 18.3. The Morgan fingerprint density at radius 1 is 0.773 bits per heavy atom. The summed E-state index contributed by atoms with van der Waals surface area (Å²) in [4.78, 5) is 67.4. The number of aromatic amines is 2. The summed E-state index contributed by atoms with van der Waals surface area (Å²) in [6, 6.07) is 13.2. The van der Waals surface area contributed by atoms with E-state index < -0.39 is 18.2 Å². The second-order valence-corrected chi connectivity index (χ2v) is 19.3. The van der Waals surface area contributed by atoms with E-state index >= 15 is 0 Å². The molecular formula is C50H62N8O8. The SMILES string of the molecule is CON[C@H](C(=O)N1CCC[C@H]1c1nc2ccc3cc4c(cc3c2[nH]1)OCc1cc(-c2cnc([C@@H]3CCCN3C(=O)[C@@H](NC(=O)OC)C3C[C@@H](C)O[C@H](C)C3)[nH]2)ccc1-4)C1C[C@@H](C)O[C@H](C)C1. The Morgan fingerprint density at radius 2 is 1.42 bits per heavy atom. The highest BCUT2D eigenvalue weighted by atomic mass is 16.6. The van der Waals surface area contributed by atoms with E-state index in [1.54, 1.807) is 7.11 Å². The summed E-state index contributed by atoms with van der Waals surface area (Å²) >= 11 is 0. The number of benzene rings is 3. The smallest absolute Gasteiger partial charge is 0.407 e. The van der Waals surface area contributed by atoms with Crippen LogP contribution in [0, 0.1) is 11.8 Å². The molecule has 8 atom stereocenters. The predicted octanol–water partition coefficient (Wildman–Crippen LogP) is 7.64. The number of carbonyl (C=O) groups is 3. The molecule has 3 amide bonds. The summed E-state index contributed by atoms with van der Waals surface area (Å²) in [5.74, 6) is 2.25. The van der Waals surface area contributed by atoms with E-state index in [0.717, 1.165) is 106 Å². The highest BCUT2D eigenvalue weighted by Crippen LogP contribution is 2.44. The number of likely N-dealkylation sites (tertiary alicyclic amines) is 2. The maximum Gasteiger partial charge on any atom is 0.407 e. The van der Waals surface area contributed by atoms with Crippen LogP contribution >= 0.6 is 0 Å². The Balaban J connectivity index is 0.874. The van der Waals surface area contributed by atoms with E-state index in [1.165, 1.54) is 7.11 Å². The summed E-state index contributed by atoms with van der Waals surface area (Å²) in [6.45, 7) is 9.80. The Morgan fingerprint density at radius 3 is 2.09 bits per heavy atom. The average Bonchev–Trinajstić information content (AvgIpc) is 4.15. The molecule has 0 bridgehead atoms. The van der Waals surface area contributed by atoms with Crippen LogP contribution in [0.5, 0.6) is 5.75 Å². The first kappa shape index (κ1) is 44.3. The van der Waals surface area contributed by atoms with E-state index in [0.29, 0.717) is 32.5 Å². The molecule has 5 aliphatic heterocycles. The fourth-order valence-corrected chi connectivity index (χ4v) is 11.8. The van der Waals surface area contributed by atoms with Crippen molar-refractivity contribution in [3.8, 4) is 28.1 Å². The standard InChI is InChI=1S/C50H62N8O8/c1-26-17-32(18-27(2)65-26)43(55-50(61)62-5)48(59)57-15-7-9-40(57)46-51-24-39(53-46)31-11-13-35-34(21-31)25-64-42-23-36-30(22-37(35)42)12-14-38-45(36)54-47(52-38)41-10-8-16-58(41)49(60)44(56-63-6)33-19-28(3)66-29(4)20-33/h11-14,21-24,26-29,32-33,40-41,43-44,56H,7-10,15-20,25H2,1-6H3,(H,51,53)(H,52,54)(H,55,61)/t26-,27-,28-,29-,40+,41+,43+,44+/m1/s1. The van der Waals surface area contributed by atoms with Gasteiger partial charge in [0.25, 0.3) is 0 Å². The number of hydrogen-bond acceptors (Lipinski definition) is 11. The van der Waals surface area contributed by atoms with Crippen molar-refractivity contribution in [2.75, 3.05) is 27.3 Å². The van der Waals surface area contributed by atoms with Gasteiger partial charge in [0.1, 0.15) is 36.1 Å². The molecule has 5 aliphatic rings. The molecule has 7 heterocycles. The first-order chi connectivity index (χ1) is 32.0. The lowest BCUT2D eigenvalue weighted by molar-refractivity contribution is -0.144. The van der Waals surface area contributed by atoms with Crippen molar-refractivity contribution in [2.45, 2.75) is 134 Å². The van der Waals surface area contributed by atoms with Crippen LogP contribution in [0.3, 0.4) is 0 Å². The highest BCUT2D eigenvalue weighted by molar-refractivity contribution is 6.07. The minimum Gasteiger partial charge on any atom is -0.488 e.